The number of rotatable bonds is 5. The fourth-order valence-corrected chi connectivity index (χ4v) is 3.76. The molecule has 0 radical (unpaired) electrons. The van der Waals surface area contributed by atoms with Crippen molar-refractivity contribution in [2.24, 2.45) is 0 Å². The van der Waals surface area contributed by atoms with Crippen molar-refractivity contribution in [2.75, 3.05) is 18.9 Å². The van der Waals surface area contributed by atoms with E-state index in [1.807, 2.05) is 24.3 Å². The molecular formula is C25H23N3O3. The topological polar surface area (TPSA) is 97.5 Å². The number of nitrogens with one attached hydrogen (secondary N) is 1. The molecule has 0 unspecified atom stereocenters. The van der Waals surface area contributed by atoms with Gasteiger partial charge in [-0.05, 0) is 28.3 Å². The molecule has 0 saturated heterocycles. The monoisotopic (exact) mass is 413 g/mol. The van der Waals surface area contributed by atoms with Crippen LogP contribution in [0, 0.1) is 11.8 Å². The lowest BCUT2D eigenvalue weighted by molar-refractivity contribution is 0.143. The van der Waals surface area contributed by atoms with E-state index in [2.05, 4.69) is 46.4 Å². The van der Waals surface area contributed by atoms with Gasteiger partial charge < -0.3 is 20.9 Å². The van der Waals surface area contributed by atoms with Gasteiger partial charge in [0.1, 0.15) is 12.4 Å². The lowest BCUT2D eigenvalue weighted by Gasteiger charge is -2.14. The number of carbonyl (C=O) groups excluding carboxylic acids is 1. The Labute approximate surface area is 181 Å². The Morgan fingerprint density at radius 2 is 1.81 bits per heavy atom. The third-order valence-electron chi connectivity index (χ3n) is 5.27. The second-order valence-corrected chi connectivity index (χ2v) is 7.23. The van der Waals surface area contributed by atoms with E-state index >= 15 is 0 Å². The second-order valence-electron chi connectivity index (χ2n) is 7.23. The smallest absolute Gasteiger partial charge is 0.407 e. The van der Waals surface area contributed by atoms with Crippen molar-refractivity contribution in [3.63, 3.8) is 0 Å². The van der Waals surface area contributed by atoms with Crippen LogP contribution in [0.4, 0.5) is 10.6 Å². The average Bonchev–Trinajstić information content (AvgIpc) is 3.12. The third-order valence-corrected chi connectivity index (χ3v) is 5.27. The molecule has 0 saturated carbocycles. The summed E-state index contributed by atoms with van der Waals surface area (Å²) in [5.74, 6) is 6.25. The van der Waals surface area contributed by atoms with Crippen molar-refractivity contribution < 1.29 is 14.6 Å². The number of hydrogen-bond donors (Lipinski definition) is 3. The van der Waals surface area contributed by atoms with E-state index in [0.717, 1.165) is 0 Å². The number of hydrogen-bond acceptors (Lipinski definition) is 5. The van der Waals surface area contributed by atoms with Crippen LogP contribution in [0.2, 0.25) is 0 Å². The maximum absolute atomic E-state index is 12.1. The van der Waals surface area contributed by atoms with Crippen molar-refractivity contribution in [3.05, 3.63) is 83.0 Å². The van der Waals surface area contributed by atoms with Gasteiger partial charge in [0, 0.05) is 36.2 Å². The van der Waals surface area contributed by atoms with Crippen LogP contribution < -0.4 is 11.1 Å². The van der Waals surface area contributed by atoms with Gasteiger partial charge >= 0.3 is 6.09 Å². The standard InChI is InChI=1S/C25H23N3O3/c26-24-18(15-29)13-17(14-28-24)7-5-6-12-27-25(30)31-16-23-21-10-3-1-8-19(21)20-9-2-4-11-22(20)23/h1-4,8-11,13-14,23,29H,6,12,15-16H2,(H2,26,28)(H,27,30). The van der Waals surface area contributed by atoms with Gasteiger partial charge in [-0.3, -0.25) is 0 Å². The summed E-state index contributed by atoms with van der Waals surface area (Å²) in [7, 11) is 0. The van der Waals surface area contributed by atoms with Crippen molar-refractivity contribution in [2.45, 2.75) is 18.9 Å². The SMILES string of the molecule is Nc1ncc(C#CCCNC(=O)OCC2c3ccccc3-c3ccccc32)cc1CO. The minimum atomic E-state index is -0.458. The van der Waals surface area contributed by atoms with E-state index < -0.39 is 6.09 Å². The molecule has 0 fully saturated rings. The number of nitrogen functional groups attached to an aromatic ring is 1. The largest absolute Gasteiger partial charge is 0.449 e. The highest BCUT2D eigenvalue weighted by Crippen LogP contribution is 2.44. The summed E-state index contributed by atoms with van der Waals surface area (Å²) in [6.07, 6.45) is 1.56. The summed E-state index contributed by atoms with van der Waals surface area (Å²) in [5.41, 5.74) is 11.6. The molecule has 1 aromatic heterocycles. The van der Waals surface area contributed by atoms with Gasteiger partial charge in [0.25, 0.3) is 0 Å². The summed E-state index contributed by atoms with van der Waals surface area (Å²) in [6, 6.07) is 18.2. The van der Waals surface area contributed by atoms with E-state index in [1.54, 1.807) is 12.3 Å². The molecule has 2 aromatic carbocycles. The Balaban J connectivity index is 1.28. The molecule has 1 aliphatic carbocycles. The van der Waals surface area contributed by atoms with Crippen molar-refractivity contribution >= 4 is 11.9 Å². The maximum Gasteiger partial charge on any atom is 0.407 e. The first-order valence-corrected chi connectivity index (χ1v) is 10.1. The highest BCUT2D eigenvalue weighted by molar-refractivity contribution is 5.79. The van der Waals surface area contributed by atoms with Gasteiger partial charge in [-0.1, -0.05) is 60.4 Å². The van der Waals surface area contributed by atoms with Gasteiger partial charge in [-0.2, -0.15) is 0 Å². The molecule has 3 aromatic rings. The van der Waals surface area contributed by atoms with E-state index in [9.17, 15) is 9.90 Å². The van der Waals surface area contributed by atoms with Gasteiger partial charge in [-0.15, -0.1) is 0 Å². The normalized spacial score (nSPS) is 11.8. The number of anilines is 1. The summed E-state index contributed by atoms with van der Waals surface area (Å²) in [4.78, 5) is 16.1. The van der Waals surface area contributed by atoms with Gasteiger partial charge in [0.05, 0.1) is 6.61 Å². The number of ether oxygens (including phenoxy) is 1. The quantitative estimate of drug-likeness (QED) is 0.440. The molecule has 0 atom stereocenters. The minimum Gasteiger partial charge on any atom is -0.449 e. The Hall–Kier alpha value is -3.82. The fraction of sp³-hybridized carbons (Fsp3) is 0.200. The van der Waals surface area contributed by atoms with Crippen LogP contribution in [0.3, 0.4) is 0 Å². The zero-order chi connectivity index (χ0) is 21.6. The second kappa shape index (κ2) is 9.33. The molecule has 6 heteroatoms. The number of pyridine rings is 1. The van der Waals surface area contributed by atoms with Crippen LogP contribution >= 0.6 is 0 Å². The van der Waals surface area contributed by atoms with Gasteiger partial charge in [-0.25, -0.2) is 9.78 Å². The van der Waals surface area contributed by atoms with Gasteiger partial charge in [0.15, 0.2) is 0 Å². The van der Waals surface area contributed by atoms with Crippen LogP contribution in [-0.4, -0.2) is 29.3 Å². The molecule has 0 bridgehead atoms. The zero-order valence-corrected chi connectivity index (χ0v) is 17.0. The first-order chi connectivity index (χ1) is 15.2. The van der Waals surface area contributed by atoms with E-state index in [0.29, 0.717) is 29.9 Å². The number of benzene rings is 2. The highest BCUT2D eigenvalue weighted by atomic mass is 16.5. The summed E-state index contributed by atoms with van der Waals surface area (Å²) >= 11 is 0. The molecule has 0 aliphatic heterocycles. The van der Waals surface area contributed by atoms with Crippen LogP contribution in [0.1, 0.15) is 34.6 Å². The number of aromatic nitrogens is 1. The van der Waals surface area contributed by atoms with Crippen molar-refractivity contribution in [3.8, 4) is 23.0 Å². The number of carbonyl (C=O) groups is 1. The first kappa shape index (κ1) is 20.5. The van der Waals surface area contributed by atoms with Crippen molar-refractivity contribution in [1.82, 2.24) is 10.3 Å². The van der Waals surface area contributed by atoms with Crippen LogP contribution in [0.5, 0.6) is 0 Å². The molecule has 31 heavy (non-hydrogen) atoms. The zero-order valence-electron chi connectivity index (χ0n) is 17.0. The van der Waals surface area contributed by atoms with Gasteiger partial charge in [0.2, 0.25) is 0 Å². The number of nitrogens with two attached hydrogens (primary N) is 1. The number of fused-ring (bicyclic) bond motifs is 3. The molecule has 6 nitrogen and oxygen atoms in total. The predicted octanol–water partition coefficient (Wildman–Crippen LogP) is 3.44. The molecular weight excluding hydrogens is 390 g/mol. The van der Waals surface area contributed by atoms with E-state index in [1.165, 1.54) is 22.3 Å². The highest BCUT2D eigenvalue weighted by Gasteiger charge is 2.28. The number of aliphatic hydroxyl groups is 1. The number of nitrogens with zero attached hydrogens (tertiary/aromatic N) is 1. The fourth-order valence-electron chi connectivity index (χ4n) is 3.76. The van der Waals surface area contributed by atoms with Crippen LogP contribution in [-0.2, 0) is 11.3 Å². The number of alkyl carbamates (subject to hydrolysis) is 1. The lowest BCUT2D eigenvalue weighted by Crippen LogP contribution is -2.26. The molecule has 156 valence electrons. The molecule has 1 heterocycles. The Kier molecular flexibility index (Phi) is 6.16. The molecule has 1 amide bonds. The minimum absolute atomic E-state index is 0.0386. The number of aliphatic hydroxyl groups excluding tert-OH is 1. The first-order valence-electron chi connectivity index (χ1n) is 10.1. The van der Waals surface area contributed by atoms with Crippen molar-refractivity contribution in [1.29, 1.82) is 0 Å². The Morgan fingerprint density at radius 3 is 2.48 bits per heavy atom. The Morgan fingerprint density at radius 1 is 1.13 bits per heavy atom. The molecule has 1 aliphatic rings. The summed E-state index contributed by atoms with van der Waals surface area (Å²) in [6.45, 7) is 0.475. The number of amides is 1. The lowest BCUT2D eigenvalue weighted by atomic mass is 9.98. The molecule has 4 rings (SSSR count). The van der Waals surface area contributed by atoms with E-state index in [4.69, 9.17) is 10.5 Å². The molecule has 0 spiro atoms. The Bertz CT molecular complexity index is 1120. The summed E-state index contributed by atoms with van der Waals surface area (Å²) in [5, 5.41) is 12.0. The third kappa shape index (κ3) is 4.52. The predicted molar refractivity (Wildman–Crippen MR) is 119 cm³/mol. The maximum atomic E-state index is 12.1. The van der Waals surface area contributed by atoms with Crippen LogP contribution in [0.15, 0.2) is 60.8 Å². The summed E-state index contributed by atoms with van der Waals surface area (Å²) < 4.78 is 5.50. The molecule has 4 N–H and O–H groups in total. The average molecular weight is 413 g/mol. The van der Waals surface area contributed by atoms with Crippen LogP contribution in [0.25, 0.3) is 11.1 Å². The van der Waals surface area contributed by atoms with E-state index in [-0.39, 0.29) is 19.1 Å².